The first-order valence-electron chi connectivity index (χ1n) is 7.87. The first-order chi connectivity index (χ1) is 13.3. The fourth-order valence-electron chi connectivity index (χ4n) is 2.34. The smallest absolute Gasteiger partial charge is 0.344 e. The Bertz CT molecular complexity index is 1000. The molecule has 1 heterocycles. The summed E-state index contributed by atoms with van der Waals surface area (Å²) in [7, 11) is 0. The third-order valence-corrected chi connectivity index (χ3v) is 5.96. The molecule has 1 aliphatic heterocycles. The van der Waals surface area contributed by atoms with E-state index in [1.54, 1.807) is 42.5 Å². The number of thioether (sulfide) groups is 1. The number of carbonyl (C=O) groups is 3. The molecule has 1 fully saturated rings. The lowest BCUT2D eigenvalue weighted by Crippen LogP contribution is -2.40. The van der Waals surface area contributed by atoms with Gasteiger partial charge >= 0.3 is 5.97 Å². The molecule has 142 valence electrons. The number of nitrogens with zero attached hydrogens (tertiary/aromatic N) is 1. The second kappa shape index (κ2) is 8.84. The van der Waals surface area contributed by atoms with Crippen molar-refractivity contribution in [3.05, 3.63) is 68.1 Å². The Hall–Kier alpha value is -2.24. The number of rotatable bonds is 5. The third kappa shape index (κ3) is 4.78. The number of ether oxygens (including phenoxy) is 1. The molecule has 0 spiro atoms. The summed E-state index contributed by atoms with van der Waals surface area (Å²) in [6.07, 6.45) is 1.60. The van der Waals surface area contributed by atoms with Gasteiger partial charge in [-0.25, -0.2) is 4.79 Å². The number of benzene rings is 2. The van der Waals surface area contributed by atoms with Crippen LogP contribution in [0.1, 0.15) is 15.9 Å². The predicted octanol–water partition coefficient (Wildman–Crippen LogP) is 2.46. The number of amides is 1. The Morgan fingerprint density at radius 1 is 1.18 bits per heavy atom. The number of esters is 1. The van der Waals surface area contributed by atoms with Crippen molar-refractivity contribution < 1.29 is 24.2 Å². The third-order valence-electron chi connectivity index (χ3n) is 3.64. The monoisotopic (exact) mass is 524 g/mol. The summed E-state index contributed by atoms with van der Waals surface area (Å²) in [4.78, 5) is 36.5. The normalized spacial score (nSPS) is 15.2. The zero-order chi connectivity index (χ0) is 20.3. The minimum Gasteiger partial charge on any atom is -0.548 e. The van der Waals surface area contributed by atoms with Crippen LogP contribution in [-0.2, 0) is 9.59 Å². The molecular weight excluding hydrogens is 513 g/mol. The van der Waals surface area contributed by atoms with Crippen molar-refractivity contribution in [3.8, 4) is 5.75 Å². The first kappa shape index (κ1) is 20.5. The molecule has 0 radical (unpaired) electrons. The van der Waals surface area contributed by atoms with Crippen molar-refractivity contribution in [1.29, 1.82) is 0 Å². The van der Waals surface area contributed by atoms with Crippen LogP contribution in [0.25, 0.3) is 6.08 Å². The van der Waals surface area contributed by atoms with E-state index in [2.05, 4.69) is 22.6 Å². The van der Waals surface area contributed by atoms with Gasteiger partial charge in [0.1, 0.15) is 10.1 Å². The highest BCUT2D eigenvalue weighted by Crippen LogP contribution is 2.32. The van der Waals surface area contributed by atoms with Gasteiger partial charge in [-0.1, -0.05) is 48.2 Å². The summed E-state index contributed by atoms with van der Waals surface area (Å²) in [6, 6.07) is 13.7. The van der Waals surface area contributed by atoms with Crippen LogP contribution < -0.4 is 9.84 Å². The van der Waals surface area contributed by atoms with Gasteiger partial charge in [0.25, 0.3) is 5.91 Å². The van der Waals surface area contributed by atoms with Crippen LogP contribution in [0.4, 0.5) is 0 Å². The van der Waals surface area contributed by atoms with Crippen LogP contribution in [0, 0.1) is 3.57 Å². The van der Waals surface area contributed by atoms with Crippen molar-refractivity contribution in [2.75, 3.05) is 6.54 Å². The molecule has 0 atom stereocenters. The minimum atomic E-state index is -1.38. The van der Waals surface area contributed by atoms with Gasteiger partial charge in [0, 0.05) is 3.57 Å². The molecule has 0 unspecified atom stereocenters. The summed E-state index contributed by atoms with van der Waals surface area (Å²) in [5, 5.41) is 10.7. The van der Waals surface area contributed by atoms with E-state index in [1.165, 1.54) is 0 Å². The van der Waals surface area contributed by atoms with Gasteiger partial charge in [-0.2, -0.15) is 0 Å². The second-order valence-electron chi connectivity index (χ2n) is 5.58. The number of carbonyl (C=O) groups excluding carboxylic acids is 3. The number of carboxylic acids is 1. The maximum Gasteiger partial charge on any atom is 0.344 e. The van der Waals surface area contributed by atoms with E-state index in [0.29, 0.717) is 21.8 Å². The van der Waals surface area contributed by atoms with Crippen molar-refractivity contribution >= 4 is 74.8 Å². The number of thiocarbonyl (C=S) groups is 1. The van der Waals surface area contributed by atoms with E-state index in [0.717, 1.165) is 20.2 Å². The Morgan fingerprint density at radius 2 is 1.86 bits per heavy atom. The molecule has 6 nitrogen and oxygen atoms in total. The molecule has 9 heteroatoms. The van der Waals surface area contributed by atoms with Gasteiger partial charge in [-0.15, -0.1) is 0 Å². The predicted molar refractivity (Wildman–Crippen MR) is 115 cm³/mol. The summed E-state index contributed by atoms with van der Waals surface area (Å²) >= 11 is 8.12. The number of hydrogen-bond acceptors (Lipinski definition) is 7. The molecule has 0 aromatic heterocycles. The van der Waals surface area contributed by atoms with E-state index in [-0.39, 0.29) is 4.32 Å². The van der Waals surface area contributed by atoms with Crippen molar-refractivity contribution in [2.24, 2.45) is 0 Å². The Kier molecular flexibility index (Phi) is 6.47. The number of carboxylic acid groups (broad SMARTS) is 1. The quantitative estimate of drug-likeness (QED) is 0.195. The highest BCUT2D eigenvalue weighted by molar-refractivity contribution is 14.1. The van der Waals surface area contributed by atoms with Crippen LogP contribution in [0.5, 0.6) is 5.75 Å². The summed E-state index contributed by atoms with van der Waals surface area (Å²) < 4.78 is 6.33. The molecule has 28 heavy (non-hydrogen) atoms. The number of halogens is 1. The van der Waals surface area contributed by atoms with Crippen LogP contribution in [0.3, 0.4) is 0 Å². The molecule has 3 rings (SSSR count). The zero-order valence-electron chi connectivity index (χ0n) is 14.1. The summed E-state index contributed by atoms with van der Waals surface area (Å²) in [5.41, 5.74) is 1.16. The van der Waals surface area contributed by atoms with E-state index in [1.807, 2.05) is 12.1 Å². The first-order valence-corrected chi connectivity index (χ1v) is 10.2. The molecular formula is C19H11INO5S2-. The summed E-state index contributed by atoms with van der Waals surface area (Å²) in [5.74, 6) is -1.95. The molecule has 0 N–H and O–H groups in total. The standard InChI is InChI=1S/C19H12INO5S2/c20-14-4-2-1-3-13(14)18(25)26-12-7-5-11(6-8-12)9-15-17(24)21(10-16(22)23)19(27)28-15/h1-9H,10H2,(H,22,23)/p-1/b15-9-. The highest BCUT2D eigenvalue weighted by Gasteiger charge is 2.31. The zero-order valence-corrected chi connectivity index (χ0v) is 17.9. The van der Waals surface area contributed by atoms with Crippen LogP contribution in [-0.4, -0.2) is 33.6 Å². The molecule has 1 aliphatic rings. The SMILES string of the molecule is O=C([O-])CN1C(=O)/C(=C/c2ccc(OC(=O)c3ccccc3I)cc2)SC1=S. The number of aliphatic carboxylic acids is 1. The molecule has 1 saturated heterocycles. The maximum atomic E-state index is 12.2. The van der Waals surface area contributed by atoms with Crippen LogP contribution >= 0.6 is 46.6 Å². The van der Waals surface area contributed by atoms with Crippen molar-refractivity contribution in [3.63, 3.8) is 0 Å². The lowest BCUT2D eigenvalue weighted by Gasteiger charge is -2.14. The Labute approximate surface area is 183 Å². The maximum absolute atomic E-state index is 12.2. The highest BCUT2D eigenvalue weighted by atomic mass is 127. The van der Waals surface area contributed by atoms with E-state index >= 15 is 0 Å². The van der Waals surface area contributed by atoms with Gasteiger partial charge in [-0.05, 0) is 58.5 Å². The largest absolute Gasteiger partial charge is 0.548 e. The van der Waals surface area contributed by atoms with E-state index in [4.69, 9.17) is 17.0 Å². The lowest BCUT2D eigenvalue weighted by atomic mass is 10.2. The minimum absolute atomic E-state index is 0.170. The molecule has 2 aromatic carbocycles. The molecule has 0 saturated carbocycles. The topological polar surface area (TPSA) is 86.7 Å². The second-order valence-corrected chi connectivity index (χ2v) is 8.42. The lowest BCUT2D eigenvalue weighted by molar-refractivity contribution is -0.305. The van der Waals surface area contributed by atoms with Crippen molar-refractivity contribution in [1.82, 2.24) is 4.90 Å². The van der Waals surface area contributed by atoms with Gasteiger partial charge in [0.2, 0.25) is 0 Å². The fraction of sp³-hybridized carbons (Fsp3) is 0.0526. The fourth-order valence-corrected chi connectivity index (χ4v) is 4.20. The van der Waals surface area contributed by atoms with Crippen LogP contribution in [0.2, 0.25) is 0 Å². The summed E-state index contributed by atoms with van der Waals surface area (Å²) in [6.45, 7) is -0.574. The molecule has 0 aliphatic carbocycles. The van der Waals surface area contributed by atoms with Gasteiger partial charge in [0.05, 0.1) is 23.0 Å². The number of hydrogen-bond donors (Lipinski definition) is 0. The van der Waals surface area contributed by atoms with Crippen molar-refractivity contribution in [2.45, 2.75) is 0 Å². The van der Waals surface area contributed by atoms with E-state index in [9.17, 15) is 19.5 Å². The Morgan fingerprint density at radius 3 is 2.50 bits per heavy atom. The average molecular weight is 524 g/mol. The van der Waals surface area contributed by atoms with Gasteiger partial charge < -0.3 is 14.6 Å². The van der Waals surface area contributed by atoms with Gasteiger partial charge in [-0.3, -0.25) is 9.69 Å². The Balaban J connectivity index is 1.71. The van der Waals surface area contributed by atoms with Gasteiger partial charge in [0.15, 0.2) is 0 Å². The van der Waals surface area contributed by atoms with E-state index < -0.39 is 24.4 Å². The molecule has 0 bridgehead atoms. The van der Waals surface area contributed by atoms with Crippen LogP contribution in [0.15, 0.2) is 53.4 Å². The average Bonchev–Trinajstić information content (AvgIpc) is 2.90. The molecule has 1 amide bonds. The molecule has 2 aromatic rings.